The molecule has 0 bridgehead atoms. The Morgan fingerprint density at radius 3 is 2.91 bits per heavy atom. The number of carbonyl (C=O) groups is 1. The number of hydrogen-bond acceptors (Lipinski definition) is 5. The second-order valence-electron chi connectivity index (χ2n) is 5.88. The number of fused-ring (bicyclic) bond motifs is 3. The Balaban J connectivity index is 2.27. The maximum absolute atomic E-state index is 12.7. The number of benzene rings is 1. The molecule has 0 radical (unpaired) electrons. The molecule has 1 amide bonds. The van der Waals surface area contributed by atoms with Gasteiger partial charge in [0.15, 0.2) is 0 Å². The zero-order valence-electron chi connectivity index (χ0n) is 13.6. The van der Waals surface area contributed by atoms with E-state index in [4.69, 9.17) is 0 Å². The second-order valence-corrected chi connectivity index (χ2v) is 6.93. The SMILES string of the molecule is C=Nc1ccc2sc3c(c2c1N=CC)NCC(C)(CC)NC3=O. The number of carbonyl (C=O) groups excluding carboxylic acids is 1. The van der Waals surface area contributed by atoms with Crippen molar-refractivity contribution in [3.8, 4) is 0 Å². The fourth-order valence-corrected chi connectivity index (χ4v) is 3.83. The van der Waals surface area contributed by atoms with E-state index < -0.39 is 0 Å². The molecule has 3 rings (SSSR count). The minimum atomic E-state index is -0.259. The highest BCUT2D eigenvalue weighted by molar-refractivity contribution is 7.21. The van der Waals surface area contributed by atoms with E-state index in [1.807, 2.05) is 19.1 Å². The summed E-state index contributed by atoms with van der Waals surface area (Å²) >= 11 is 1.48. The number of nitrogens with one attached hydrogen (secondary N) is 2. The van der Waals surface area contributed by atoms with Gasteiger partial charge in [-0.25, -0.2) is 0 Å². The first-order valence-electron chi connectivity index (χ1n) is 7.64. The molecule has 6 heteroatoms. The molecule has 120 valence electrons. The minimum absolute atomic E-state index is 0.0323. The predicted molar refractivity (Wildman–Crippen MR) is 99.5 cm³/mol. The molecule has 0 aliphatic carbocycles. The van der Waals surface area contributed by atoms with Gasteiger partial charge in [0.05, 0.1) is 22.6 Å². The summed E-state index contributed by atoms with van der Waals surface area (Å²) in [5.74, 6) is -0.0323. The lowest BCUT2D eigenvalue weighted by atomic mass is 9.99. The van der Waals surface area contributed by atoms with Gasteiger partial charge in [0.1, 0.15) is 4.88 Å². The first-order chi connectivity index (χ1) is 11.0. The topological polar surface area (TPSA) is 65.8 Å². The van der Waals surface area contributed by atoms with E-state index in [1.165, 1.54) is 11.3 Å². The molecule has 0 saturated carbocycles. The Morgan fingerprint density at radius 1 is 1.48 bits per heavy atom. The van der Waals surface area contributed by atoms with Crippen molar-refractivity contribution < 1.29 is 4.79 Å². The average Bonchev–Trinajstić information content (AvgIpc) is 2.87. The molecular weight excluding hydrogens is 308 g/mol. The van der Waals surface area contributed by atoms with E-state index in [0.29, 0.717) is 11.4 Å². The van der Waals surface area contributed by atoms with Gasteiger partial charge in [-0.15, -0.1) is 11.3 Å². The van der Waals surface area contributed by atoms with Crippen LogP contribution in [-0.4, -0.2) is 30.9 Å². The predicted octanol–water partition coefficient (Wildman–Crippen LogP) is 4.28. The van der Waals surface area contributed by atoms with Gasteiger partial charge in [0.25, 0.3) is 5.91 Å². The van der Waals surface area contributed by atoms with E-state index in [1.54, 1.807) is 6.21 Å². The molecule has 2 N–H and O–H groups in total. The molecule has 1 aliphatic rings. The van der Waals surface area contributed by atoms with Crippen LogP contribution >= 0.6 is 11.3 Å². The fraction of sp³-hybridized carbons (Fsp3) is 0.353. The van der Waals surface area contributed by atoms with Crippen LogP contribution in [0.1, 0.15) is 36.9 Å². The van der Waals surface area contributed by atoms with E-state index in [-0.39, 0.29) is 11.4 Å². The highest BCUT2D eigenvalue weighted by atomic mass is 32.1. The Labute approximate surface area is 139 Å². The maximum atomic E-state index is 12.7. The second kappa shape index (κ2) is 5.77. The summed E-state index contributed by atoms with van der Waals surface area (Å²) in [6, 6.07) is 3.86. The van der Waals surface area contributed by atoms with Crippen LogP contribution in [0.5, 0.6) is 0 Å². The van der Waals surface area contributed by atoms with Gasteiger partial charge >= 0.3 is 0 Å². The minimum Gasteiger partial charge on any atom is -0.381 e. The van der Waals surface area contributed by atoms with Crippen molar-refractivity contribution in [2.45, 2.75) is 32.7 Å². The number of nitrogens with zero attached hydrogens (tertiary/aromatic N) is 2. The van der Waals surface area contributed by atoms with Gasteiger partial charge in [-0.2, -0.15) is 0 Å². The molecule has 23 heavy (non-hydrogen) atoms. The maximum Gasteiger partial charge on any atom is 0.264 e. The van der Waals surface area contributed by atoms with Gasteiger partial charge in [0.2, 0.25) is 0 Å². The Bertz CT molecular complexity index is 824. The average molecular weight is 328 g/mol. The molecule has 1 atom stereocenters. The number of anilines is 1. The van der Waals surface area contributed by atoms with E-state index >= 15 is 0 Å². The van der Waals surface area contributed by atoms with E-state index in [0.717, 1.165) is 33.6 Å². The lowest BCUT2D eigenvalue weighted by Gasteiger charge is -2.27. The zero-order valence-corrected chi connectivity index (χ0v) is 14.4. The molecule has 2 aromatic rings. The van der Waals surface area contributed by atoms with Gasteiger partial charge in [0, 0.05) is 22.8 Å². The summed E-state index contributed by atoms with van der Waals surface area (Å²) in [4.78, 5) is 21.9. The molecule has 1 unspecified atom stereocenters. The van der Waals surface area contributed by atoms with Crippen molar-refractivity contribution in [2.24, 2.45) is 9.98 Å². The quantitative estimate of drug-likeness (QED) is 0.826. The first-order valence-corrected chi connectivity index (χ1v) is 8.46. The number of amides is 1. The molecule has 0 fully saturated rings. The zero-order chi connectivity index (χ0) is 16.6. The van der Waals surface area contributed by atoms with Crippen LogP contribution in [0, 0.1) is 0 Å². The Kier molecular flexibility index (Phi) is 3.93. The number of thiophene rings is 1. The van der Waals surface area contributed by atoms with Crippen LogP contribution in [0.15, 0.2) is 22.1 Å². The van der Waals surface area contributed by atoms with Crippen molar-refractivity contribution in [1.29, 1.82) is 0 Å². The van der Waals surface area contributed by atoms with E-state index in [9.17, 15) is 4.79 Å². The van der Waals surface area contributed by atoms with Crippen LogP contribution in [0.25, 0.3) is 10.1 Å². The summed E-state index contributed by atoms with van der Waals surface area (Å²) in [5, 5.41) is 7.55. The highest BCUT2D eigenvalue weighted by Gasteiger charge is 2.32. The summed E-state index contributed by atoms with van der Waals surface area (Å²) in [5.41, 5.74) is 2.08. The number of hydrogen-bond donors (Lipinski definition) is 2. The van der Waals surface area contributed by atoms with Crippen molar-refractivity contribution >= 4 is 57.3 Å². The lowest BCUT2D eigenvalue weighted by Crippen LogP contribution is -2.48. The molecular formula is C17H20N4OS. The van der Waals surface area contributed by atoms with E-state index in [2.05, 4.69) is 41.2 Å². The van der Waals surface area contributed by atoms with Crippen molar-refractivity contribution in [3.63, 3.8) is 0 Å². The smallest absolute Gasteiger partial charge is 0.264 e. The standard InChI is InChI=1S/C17H20N4OS/c1-5-17(3)9-20-14-12-11(23-15(14)16(22)21-17)8-7-10(18-4)13(12)19-6-2/h6-8,20H,4-5,9H2,1-3H3,(H,21,22). The molecule has 5 nitrogen and oxygen atoms in total. The van der Waals surface area contributed by atoms with Crippen LogP contribution < -0.4 is 10.6 Å². The highest BCUT2D eigenvalue weighted by Crippen LogP contribution is 2.46. The number of rotatable bonds is 3. The van der Waals surface area contributed by atoms with Gasteiger partial charge in [-0.1, -0.05) is 6.92 Å². The normalized spacial score (nSPS) is 20.9. The molecule has 1 aromatic carbocycles. The molecule has 0 spiro atoms. The third-order valence-corrected chi connectivity index (χ3v) is 5.45. The third-order valence-electron chi connectivity index (χ3n) is 4.29. The van der Waals surface area contributed by atoms with Gasteiger partial charge < -0.3 is 10.6 Å². The van der Waals surface area contributed by atoms with Crippen molar-refractivity contribution in [3.05, 3.63) is 17.0 Å². The largest absolute Gasteiger partial charge is 0.381 e. The van der Waals surface area contributed by atoms with Crippen LogP contribution in [0.2, 0.25) is 0 Å². The summed E-state index contributed by atoms with van der Waals surface area (Å²) < 4.78 is 1.02. The fourth-order valence-electron chi connectivity index (χ4n) is 2.75. The monoisotopic (exact) mass is 328 g/mol. The lowest BCUT2D eigenvalue weighted by molar-refractivity contribution is 0.0917. The molecule has 2 heterocycles. The summed E-state index contributed by atoms with van der Waals surface area (Å²) in [7, 11) is 0. The first kappa shape index (κ1) is 15.7. The summed E-state index contributed by atoms with van der Waals surface area (Å²) in [6.07, 6.45) is 2.60. The van der Waals surface area contributed by atoms with Crippen molar-refractivity contribution in [1.82, 2.24) is 5.32 Å². The Morgan fingerprint density at radius 2 is 2.26 bits per heavy atom. The van der Waals surface area contributed by atoms with Crippen molar-refractivity contribution in [2.75, 3.05) is 11.9 Å². The van der Waals surface area contributed by atoms with Crippen LogP contribution in [0.4, 0.5) is 17.1 Å². The molecule has 1 aromatic heterocycles. The Hall–Kier alpha value is -2.21. The van der Waals surface area contributed by atoms with Gasteiger partial charge in [-0.3, -0.25) is 14.8 Å². The summed E-state index contributed by atoms with van der Waals surface area (Å²) in [6.45, 7) is 10.3. The molecule has 1 aliphatic heterocycles. The van der Waals surface area contributed by atoms with Crippen LogP contribution in [0.3, 0.4) is 0 Å². The molecule has 0 saturated heterocycles. The van der Waals surface area contributed by atoms with Gasteiger partial charge in [-0.05, 0) is 39.1 Å². The van der Waals surface area contributed by atoms with Crippen LogP contribution in [-0.2, 0) is 0 Å². The number of aliphatic imine (C=N–C) groups is 2. The third kappa shape index (κ3) is 2.53.